The number of fused-ring (bicyclic) bond motifs is 1. The van der Waals surface area contributed by atoms with E-state index < -0.39 is 11.9 Å². The maximum absolute atomic E-state index is 11.1. The quantitative estimate of drug-likeness (QED) is 0.799. The number of nitrogens with two attached hydrogens (primary N) is 1. The zero-order chi connectivity index (χ0) is 11.5. The van der Waals surface area contributed by atoms with Gasteiger partial charge >= 0.3 is 5.97 Å². The van der Waals surface area contributed by atoms with E-state index in [1.807, 2.05) is 18.2 Å². The van der Waals surface area contributed by atoms with Crippen LogP contribution in [0.5, 0.6) is 5.75 Å². The molecule has 2 rings (SSSR count). The van der Waals surface area contributed by atoms with Crippen LogP contribution in [0.1, 0.15) is 23.5 Å². The molecule has 86 valence electrons. The van der Waals surface area contributed by atoms with Crippen molar-refractivity contribution in [2.45, 2.75) is 18.8 Å². The molecule has 3 N–H and O–H groups in total. The number of carbonyl (C=O) groups is 1. The van der Waals surface area contributed by atoms with E-state index in [1.54, 1.807) is 0 Å². The Labute approximate surface area is 94.0 Å². The minimum atomic E-state index is -0.815. The molecule has 0 amide bonds. The van der Waals surface area contributed by atoms with Gasteiger partial charge in [0, 0.05) is 6.42 Å². The second kappa shape index (κ2) is 4.53. The number of benzene rings is 1. The first-order chi connectivity index (χ1) is 7.72. The van der Waals surface area contributed by atoms with Gasteiger partial charge in [-0.2, -0.15) is 0 Å². The molecule has 0 fully saturated rings. The largest absolute Gasteiger partial charge is 0.493 e. The van der Waals surface area contributed by atoms with Gasteiger partial charge in [0.15, 0.2) is 0 Å². The highest BCUT2D eigenvalue weighted by Gasteiger charge is 2.21. The maximum atomic E-state index is 11.1. The molecule has 4 heteroatoms. The van der Waals surface area contributed by atoms with Gasteiger partial charge in [-0.25, -0.2) is 0 Å². The lowest BCUT2D eigenvalue weighted by atomic mass is 9.94. The van der Waals surface area contributed by atoms with Gasteiger partial charge in [-0.1, -0.05) is 12.1 Å². The Kier molecular flexibility index (Phi) is 3.10. The predicted octanol–water partition coefficient (Wildman–Crippen LogP) is 1.14. The van der Waals surface area contributed by atoms with E-state index in [9.17, 15) is 4.79 Å². The number of hydrogen-bond donors (Lipinski definition) is 2. The summed E-state index contributed by atoms with van der Waals surface area (Å²) in [6, 6.07) is 5.60. The van der Waals surface area contributed by atoms with Crippen LogP contribution >= 0.6 is 0 Å². The van der Waals surface area contributed by atoms with Crippen LogP contribution in [0.25, 0.3) is 0 Å². The highest BCUT2D eigenvalue weighted by molar-refractivity contribution is 5.76. The first kappa shape index (κ1) is 11.0. The monoisotopic (exact) mass is 221 g/mol. The fourth-order valence-corrected chi connectivity index (χ4v) is 2.02. The van der Waals surface area contributed by atoms with Crippen LogP contribution in [-0.2, 0) is 11.2 Å². The number of carboxylic acids is 1. The second-order valence-corrected chi connectivity index (χ2v) is 3.93. The van der Waals surface area contributed by atoms with Crippen LogP contribution in [0.15, 0.2) is 18.2 Å². The van der Waals surface area contributed by atoms with Crippen molar-refractivity contribution in [1.82, 2.24) is 0 Å². The zero-order valence-electron chi connectivity index (χ0n) is 8.98. The molecule has 1 aromatic carbocycles. The minimum Gasteiger partial charge on any atom is -0.493 e. The lowest BCUT2D eigenvalue weighted by molar-refractivity contribution is -0.138. The van der Waals surface area contributed by atoms with Gasteiger partial charge in [0.05, 0.1) is 12.5 Å². The number of carboxylic acid groups (broad SMARTS) is 1. The molecule has 1 aromatic rings. The van der Waals surface area contributed by atoms with E-state index in [0.717, 1.165) is 23.3 Å². The normalized spacial score (nSPS) is 15.3. The van der Waals surface area contributed by atoms with Gasteiger partial charge in [-0.15, -0.1) is 0 Å². The maximum Gasteiger partial charge on any atom is 0.311 e. The topological polar surface area (TPSA) is 72.6 Å². The van der Waals surface area contributed by atoms with Crippen molar-refractivity contribution in [1.29, 1.82) is 0 Å². The van der Waals surface area contributed by atoms with Gasteiger partial charge in [-0.3, -0.25) is 4.79 Å². The van der Waals surface area contributed by atoms with Crippen LogP contribution in [-0.4, -0.2) is 24.2 Å². The summed E-state index contributed by atoms with van der Waals surface area (Å²) in [5, 5.41) is 9.12. The van der Waals surface area contributed by atoms with Crippen molar-refractivity contribution in [3.05, 3.63) is 29.3 Å². The lowest BCUT2D eigenvalue weighted by Crippen LogP contribution is -2.16. The van der Waals surface area contributed by atoms with E-state index >= 15 is 0 Å². The summed E-state index contributed by atoms with van der Waals surface area (Å²) in [5.41, 5.74) is 7.35. The van der Waals surface area contributed by atoms with Gasteiger partial charge in [-0.05, 0) is 30.2 Å². The number of aliphatic carboxylic acids is 1. The average Bonchev–Trinajstić information content (AvgIpc) is 2.72. The molecule has 1 aliphatic rings. The van der Waals surface area contributed by atoms with Gasteiger partial charge in [0.25, 0.3) is 0 Å². The average molecular weight is 221 g/mol. The smallest absolute Gasteiger partial charge is 0.311 e. The number of rotatable bonds is 4. The van der Waals surface area contributed by atoms with Crippen LogP contribution in [0, 0.1) is 0 Å². The van der Waals surface area contributed by atoms with Gasteiger partial charge in [0.2, 0.25) is 0 Å². The Balaban J connectivity index is 2.28. The molecule has 1 aliphatic heterocycles. The van der Waals surface area contributed by atoms with Crippen molar-refractivity contribution in [2.75, 3.05) is 13.2 Å². The highest BCUT2D eigenvalue weighted by atomic mass is 16.5. The SMILES string of the molecule is NCCC(C(=O)O)c1ccc2c(c1)CCO2. The van der Waals surface area contributed by atoms with Crippen molar-refractivity contribution in [3.8, 4) is 5.75 Å². The summed E-state index contributed by atoms with van der Waals surface area (Å²) in [4.78, 5) is 11.1. The van der Waals surface area contributed by atoms with Crippen molar-refractivity contribution in [2.24, 2.45) is 5.73 Å². The third-order valence-corrected chi connectivity index (χ3v) is 2.87. The Morgan fingerprint density at radius 2 is 2.38 bits per heavy atom. The summed E-state index contributed by atoms with van der Waals surface area (Å²) in [6.45, 7) is 1.07. The molecule has 0 saturated heterocycles. The van der Waals surface area contributed by atoms with Crippen LogP contribution in [0.2, 0.25) is 0 Å². The molecule has 1 heterocycles. The standard InChI is InChI=1S/C12H15NO3/c13-5-3-10(12(14)15)8-1-2-11-9(7-8)4-6-16-11/h1-2,7,10H,3-6,13H2,(H,14,15). The summed E-state index contributed by atoms with van der Waals surface area (Å²) >= 11 is 0. The third-order valence-electron chi connectivity index (χ3n) is 2.87. The summed E-state index contributed by atoms with van der Waals surface area (Å²) < 4.78 is 5.38. The second-order valence-electron chi connectivity index (χ2n) is 3.93. The number of ether oxygens (including phenoxy) is 1. The zero-order valence-corrected chi connectivity index (χ0v) is 8.98. The van der Waals surface area contributed by atoms with Crippen LogP contribution in [0.3, 0.4) is 0 Å². The molecule has 0 aromatic heterocycles. The molecule has 0 radical (unpaired) electrons. The Hall–Kier alpha value is -1.55. The molecule has 0 aliphatic carbocycles. The van der Waals surface area contributed by atoms with Crippen molar-refractivity contribution in [3.63, 3.8) is 0 Å². The Bertz CT molecular complexity index is 403. The summed E-state index contributed by atoms with van der Waals surface area (Å²) in [5.74, 6) is -0.444. The first-order valence-corrected chi connectivity index (χ1v) is 5.41. The van der Waals surface area contributed by atoms with E-state index in [-0.39, 0.29) is 0 Å². The number of hydrogen-bond acceptors (Lipinski definition) is 3. The molecule has 0 spiro atoms. The van der Waals surface area contributed by atoms with Crippen molar-refractivity contribution < 1.29 is 14.6 Å². The Morgan fingerprint density at radius 3 is 3.06 bits per heavy atom. The Morgan fingerprint density at radius 1 is 1.56 bits per heavy atom. The molecular formula is C12H15NO3. The van der Waals surface area contributed by atoms with Gasteiger partial charge in [0.1, 0.15) is 5.75 Å². The van der Waals surface area contributed by atoms with Crippen LogP contribution < -0.4 is 10.5 Å². The predicted molar refractivity (Wildman–Crippen MR) is 59.7 cm³/mol. The lowest BCUT2D eigenvalue weighted by Gasteiger charge is -2.12. The molecule has 16 heavy (non-hydrogen) atoms. The fraction of sp³-hybridized carbons (Fsp3) is 0.417. The van der Waals surface area contributed by atoms with Crippen LogP contribution in [0.4, 0.5) is 0 Å². The first-order valence-electron chi connectivity index (χ1n) is 5.41. The third kappa shape index (κ3) is 2.02. The van der Waals surface area contributed by atoms with Gasteiger partial charge < -0.3 is 15.6 Å². The molecule has 0 bridgehead atoms. The minimum absolute atomic E-state index is 0.380. The fourth-order valence-electron chi connectivity index (χ4n) is 2.02. The molecule has 4 nitrogen and oxygen atoms in total. The molecule has 1 atom stereocenters. The van der Waals surface area contributed by atoms with E-state index in [2.05, 4.69) is 0 Å². The molecular weight excluding hydrogens is 206 g/mol. The van der Waals surface area contributed by atoms with E-state index in [0.29, 0.717) is 19.6 Å². The molecule has 1 unspecified atom stereocenters. The van der Waals surface area contributed by atoms with E-state index in [1.165, 1.54) is 0 Å². The summed E-state index contributed by atoms with van der Waals surface area (Å²) in [7, 11) is 0. The van der Waals surface area contributed by atoms with Crippen molar-refractivity contribution >= 4 is 5.97 Å². The van der Waals surface area contributed by atoms with E-state index in [4.69, 9.17) is 15.6 Å². The molecule has 0 saturated carbocycles. The highest BCUT2D eigenvalue weighted by Crippen LogP contribution is 2.29. The summed E-state index contributed by atoms with van der Waals surface area (Å²) in [6.07, 6.45) is 1.33.